The van der Waals surface area contributed by atoms with Gasteiger partial charge in [0, 0.05) is 11.9 Å². The average Bonchev–Trinajstić information content (AvgIpc) is 2.40. The number of likely N-dealkylation sites (N-methyl/N-ethyl adjacent to an activating group) is 1. The highest BCUT2D eigenvalue weighted by Crippen LogP contribution is 2.21. The van der Waals surface area contributed by atoms with Crippen LogP contribution in [0, 0.1) is 0 Å². The Hall–Kier alpha value is -1.90. The van der Waals surface area contributed by atoms with Gasteiger partial charge >= 0.3 is 0 Å². The predicted octanol–water partition coefficient (Wildman–Crippen LogP) is 2.86. The van der Waals surface area contributed by atoms with E-state index in [2.05, 4.69) is 10.3 Å². The van der Waals surface area contributed by atoms with Crippen LogP contribution in [0.4, 0.5) is 0 Å². The number of hydrogen-bond acceptors (Lipinski definition) is 2. The Labute approximate surface area is 107 Å². The van der Waals surface area contributed by atoms with E-state index in [-0.39, 0.29) is 11.8 Å². The van der Waals surface area contributed by atoms with E-state index >= 15 is 0 Å². The zero-order chi connectivity index (χ0) is 13.0. The fourth-order valence-corrected chi connectivity index (χ4v) is 2.10. The van der Waals surface area contributed by atoms with Gasteiger partial charge in [-0.2, -0.15) is 0 Å². The Balaban J connectivity index is 2.36. The molecule has 18 heavy (non-hydrogen) atoms. The second kappa shape index (κ2) is 5.63. The normalized spacial score (nSPS) is 12.3. The summed E-state index contributed by atoms with van der Waals surface area (Å²) >= 11 is 0. The maximum atomic E-state index is 12.0. The predicted molar refractivity (Wildman–Crippen MR) is 73.5 cm³/mol. The highest BCUT2D eigenvalue weighted by atomic mass is 16.1. The van der Waals surface area contributed by atoms with Gasteiger partial charge in [0.1, 0.15) is 0 Å². The van der Waals surface area contributed by atoms with Gasteiger partial charge in [0.15, 0.2) is 0 Å². The minimum absolute atomic E-state index is 0.0581. The van der Waals surface area contributed by atoms with Crippen LogP contribution in [0.3, 0.4) is 0 Å². The summed E-state index contributed by atoms with van der Waals surface area (Å²) in [4.78, 5) is 16.5. The van der Waals surface area contributed by atoms with Crippen molar-refractivity contribution in [2.24, 2.45) is 0 Å². The van der Waals surface area contributed by atoms with Crippen molar-refractivity contribution in [3.05, 3.63) is 42.1 Å². The van der Waals surface area contributed by atoms with Crippen molar-refractivity contribution in [3.63, 3.8) is 0 Å². The number of hydrogen-bond donors (Lipinski definition) is 1. The molecule has 1 aromatic carbocycles. The number of aromatic nitrogens is 1. The van der Waals surface area contributed by atoms with Crippen molar-refractivity contribution < 1.29 is 4.79 Å². The van der Waals surface area contributed by atoms with E-state index in [1.807, 2.05) is 50.2 Å². The zero-order valence-electron chi connectivity index (χ0n) is 10.8. The summed E-state index contributed by atoms with van der Waals surface area (Å²) in [7, 11) is 0. The molecule has 1 heterocycles. The highest BCUT2D eigenvalue weighted by molar-refractivity contribution is 5.84. The first-order valence-corrected chi connectivity index (χ1v) is 6.39. The van der Waals surface area contributed by atoms with Crippen molar-refractivity contribution in [2.45, 2.75) is 26.2 Å². The first-order valence-electron chi connectivity index (χ1n) is 6.39. The quantitative estimate of drug-likeness (QED) is 0.895. The third kappa shape index (κ3) is 2.50. The number of carbonyl (C=O) groups excluding carboxylic acids is 1. The third-order valence-electron chi connectivity index (χ3n) is 3.05. The second-order valence-corrected chi connectivity index (χ2v) is 4.28. The molecule has 0 saturated heterocycles. The lowest BCUT2D eigenvalue weighted by Crippen LogP contribution is -2.29. The molecule has 1 aromatic heterocycles. The molecule has 0 fully saturated rings. The van der Waals surface area contributed by atoms with Crippen LogP contribution in [-0.4, -0.2) is 17.4 Å². The number of benzene rings is 1. The lowest BCUT2D eigenvalue weighted by atomic mass is 10.00. The fraction of sp³-hybridized carbons (Fsp3) is 0.333. The second-order valence-electron chi connectivity index (χ2n) is 4.28. The molecule has 1 amide bonds. The Kier molecular flexibility index (Phi) is 3.92. The fourth-order valence-electron chi connectivity index (χ4n) is 2.10. The molecule has 2 aromatic rings. The summed E-state index contributed by atoms with van der Waals surface area (Å²) in [6, 6.07) is 11.9. The maximum Gasteiger partial charge on any atom is 0.229 e. The van der Waals surface area contributed by atoms with Gasteiger partial charge in [-0.3, -0.25) is 9.78 Å². The Morgan fingerprint density at radius 1 is 1.22 bits per heavy atom. The summed E-state index contributed by atoms with van der Waals surface area (Å²) in [5.41, 5.74) is 1.79. The van der Waals surface area contributed by atoms with Crippen molar-refractivity contribution in [1.82, 2.24) is 10.3 Å². The number of rotatable bonds is 4. The largest absolute Gasteiger partial charge is 0.356 e. The standard InChI is InChI=1S/C15H18N2O/c1-3-12(15(18)16-4-2)14-10-9-11-7-5-6-8-13(11)17-14/h5-10,12H,3-4H2,1-2H3,(H,16,18). The molecular weight excluding hydrogens is 224 g/mol. The number of nitrogens with one attached hydrogen (secondary N) is 1. The van der Waals surface area contributed by atoms with Crippen molar-refractivity contribution in [3.8, 4) is 0 Å². The zero-order valence-corrected chi connectivity index (χ0v) is 10.8. The summed E-state index contributed by atoms with van der Waals surface area (Å²) in [6.45, 7) is 4.60. The number of carbonyl (C=O) groups is 1. The molecule has 0 saturated carbocycles. The van der Waals surface area contributed by atoms with Crippen LogP contribution < -0.4 is 5.32 Å². The maximum absolute atomic E-state index is 12.0. The van der Waals surface area contributed by atoms with Crippen LogP contribution in [-0.2, 0) is 4.79 Å². The van der Waals surface area contributed by atoms with Crippen molar-refractivity contribution in [2.75, 3.05) is 6.54 Å². The highest BCUT2D eigenvalue weighted by Gasteiger charge is 2.19. The van der Waals surface area contributed by atoms with Gasteiger partial charge in [0.25, 0.3) is 0 Å². The molecule has 3 nitrogen and oxygen atoms in total. The van der Waals surface area contributed by atoms with Crippen molar-refractivity contribution >= 4 is 16.8 Å². The smallest absolute Gasteiger partial charge is 0.229 e. The minimum Gasteiger partial charge on any atom is -0.356 e. The Morgan fingerprint density at radius 3 is 2.72 bits per heavy atom. The summed E-state index contributed by atoms with van der Waals surface area (Å²) in [6.07, 6.45) is 0.761. The lowest BCUT2D eigenvalue weighted by molar-refractivity contribution is -0.122. The molecular formula is C15H18N2O. The van der Waals surface area contributed by atoms with Gasteiger partial charge in [0.2, 0.25) is 5.91 Å². The van der Waals surface area contributed by atoms with E-state index in [4.69, 9.17) is 0 Å². The monoisotopic (exact) mass is 242 g/mol. The van der Waals surface area contributed by atoms with Gasteiger partial charge in [-0.25, -0.2) is 0 Å². The topological polar surface area (TPSA) is 42.0 Å². The molecule has 0 aliphatic rings. The van der Waals surface area contributed by atoms with E-state index in [0.29, 0.717) is 6.54 Å². The van der Waals surface area contributed by atoms with Gasteiger partial charge in [0.05, 0.1) is 17.1 Å². The van der Waals surface area contributed by atoms with Crippen LogP contribution >= 0.6 is 0 Å². The van der Waals surface area contributed by atoms with Crippen LogP contribution in [0.5, 0.6) is 0 Å². The first-order chi connectivity index (χ1) is 8.76. The number of para-hydroxylation sites is 1. The molecule has 3 heteroatoms. The summed E-state index contributed by atoms with van der Waals surface area (Å²) < 4.78 is 0. The van der Waals surface area contributed by atoms with Crippen LogP contribution in [0.1, 0.15) is 31.9 Å². The first kappa shape index (κ1) is 12.6. The lowest BCUT2D eigenvalue weighted by Gasteiger charge is -2.14. The van der Waals surface area contributed by atoms with E-state index in [1.165, 1.54) is 0 Å². The molecule has 0 aliphatic carbocycles. The number of amides is 1. The summed E-state index contributed by atoms with van der Waals surface area (Å²) in [5.74, 6) is -0.0997. The van der Waals surface area contributed by atoms with E-state index in [9.17, 15) is 4.79 Å². The number of pyridine rings is 1. The van der Waals surface area contributed by atoms with Gasteiger partial charge in [-0.1, -0.05) is 31.2 Å². The molecule has 2 rings (SSSR count). The van der Waals surface area contributed by atoms with E-state index < -0.39 is 0 Å². The van der Waals surface area contributed by atoms with Gasteiger partial charge < -0.3 is 5.32 Å². The molecule has 1 unspecified atom stereocenters. The molecule has 0 bridgehead atoms. The Morgan fingerprint density at radius 2 is 2.00 bits per heavy atom. The molecule has 0 spiro atoms. The van der Waals surface area contributed by atoms with E-state index in [1.54, 1.807) is 0 Å². The Bertz CT molecular complexity index is 551. The van der Waals surface area contributed by atoms with Crippen LogP contribution in [0.25, 0.3) is 10.9 Å². The molecule has 1 atom stereocenters. The summed E-state index contributed by atoms with van der Waals surface area (Å²) in [5, 5.41) is 3.97. The van der Waals surface area contributed by atoms with Crippen molar-refractivity contribution in [1.29, 1.82) is 0 Å². The SMILES string of the molecule is CCNC(=O)C(CC)c1ccc2ccccc2n1. The number of nitrogens with zero attached hydrogens (tertiary/aromatic N) is 1. The third-order valence-corrected chi connectivity index (χ3v) is 3.05. The molecule has 1 N–H and O–H groups in total. The van der Waals surface area contributed by atoms with Gasteiger partial charge in [-0.05, 0) is 25.5 Å². The molecule has 94 valence electrons. The van der Waals surface area contributed by atoms with Crippen LogP contribution in [0.2, 0.25) is 0 Å². The molecule has 0 aliphatic heterocycles. The number of fused-ring (bicyclic) bond motifs is 1. The molecule has 0 radical (unpaired) electrons. The van der Waals surface area contributed by atoms with Gasteiger partial charge in [-0.15, -0.1) is 0 Å². The van der Waals surface area contributed by atoms with E-state index in [0.717, 1.165) is 23.0 Å². The van der Waals surface area contributed by atoms with Crippen LogP contribution in [0.15, 0.2) is 36.4 Å². The minimum atomic E-state index is -0.158. The average molecular weight is 242 g/mol.